The lowest BCUT2D eigenvalue weighted by Crippen LogP contribution is -2.64. The number of hydrogen-bond acceptors (Lipinski definition) is 5. The van der Waals surface area contributed by atoms with Crippen LogP contribution in [0.5, 0.6) is 0 Å². The molecule has 0 aromatic carbocycles. The molecule has 26 heavy (non-hydrogen) atoms. The van der Waals surface area contributed by atoms with E-state index in [1.807, 2.05) is 0 Å². The maximum absolute atomic E-state index is 5.51. The zero-order valence-corrected chi connectivity index (χ0v) is 16.7. The van der Waals surface area contributed by atoms with Crippen LogP contribution in [0.4, 0.5) is 0 Å². The summed E-state index contributed by atoms with van der Waals surface area (Å²) in [6.07, 6.45) is 14.7. The van der Waals surface area contributed by atoms with Crippen molar-refractivity contribution >= 4 is 0 Å². The third-order valence-corrected chi connectivity index (χ3v) is 7.32. The Morgan fingerprint density at radius 3 is 2.35 bits per heavy atom. The van der Waals surface area contributed by atoms with Crippen molar-refractivity contribution < 1.29 is 4.74 Å². The zero-order chi connectivity index (χ0) is 17.8. The fraction of sp³-hybridized carbons (Fsp3) is 1.00. The van der Waals surface area contributed by atoms with Crippen LogP contribution >= 0.6 is 0 Å². The number of hydrogen-bond donors (Lipinski definition) is 3. The van der Waals surface area contributed by atoms with Crippen molar-refractivity contribution in [1.82, 2.24) is 20.9 Å². The average molecular weight is 365 g/mol. The number of morpholine rings is 1. The molecule has 5 heteroatoms. The van der Waals surface area contributed by atoms with Crippen LogP contribution in [0, 0.1) is 5.92 Å². The summed E-state index contributed by atoms with van der Waals surface area (Å²) in [6.45, 7) is 6.42. The van der Waals surface area contributed by atoms with E-state index < -0.39 is 0 Å². The summed E-state index contributed by atoms with van der Waals surface area (Å²) >= 11 is 0. The predicted octanol–water partition coefficient (Wildman–Crippen LogP) is 2.42. The molecule has 3 unspecified atom stereocenters. The van der Waals surface area contributed by atoms with Gasteiger partial charge < -0.3 is 4.74 Å². The van der Waals surface area contributed by atoms with Gasteiger partial charge in [0.25, 0.3) is 0 Å². The summed E-state index contributed by atoms with van der Waals surface area (Å²) in [6, 6.07) is 2.20. The highest BCUT2D eigenvalue weighted by Gasteiger charge is 2.33. The van der Waals surface area contributed by atoms with E-state index in [9.17, 15) is 0 Å². The highest BCUT2D eigenvalue weighted by atomic mass is 16.5. The molecule has 2 heterocycles. The molecule has 0 spiro atoms. The highest BCUT2D eigenvalue weighted by molar-refractivity contribution is 4.92. The van der Waals surface area contributed by atoms with E-state index in [1.165, 1.54) is 64.2 Å². The van der Waals surface area contributed by atoms with Crippen LogP contribution in [-0.4, -0.2) is 61.7 Å². The first-order chi connectivity index (χ1) is 12.8. The van der Waals surface area contributed by atoms with Crippen LogP contribution in [0.25, 0.3) is 0 Å². The molecule has 2 aliphatic heterocycles. The molecular formula is C21H40N4O. The second-order valence-electron chi connectivity index (χ2n) is 9.17. The molecule has 0 amide bonds. The van der Waals surface area contributed by atoms with E-state index in [1.54, 1.807) is 0 Å². The summed E-state index contributed by atoms with van der Waals surface area (Å²) in [4.78, 5) is 2.67. The molecule has 5 nitrogen and oxygen atoms in total. The second kappa shape index (κ2) is 9.33. The normalized spacial score (nSPS) is 41.2. The Kier molecular flexibility index (Phi) is 6.87. The Bertz CT molecular complexity index is 414. The number of nitrogens with zero attached hydrogens (tertiary/aromatic N) is 1. The molecule has 4 rings (SSSR count). The Balaban J connectivity index is 1.23. The summed E-state index contributed by atoms with van der Waals surface area (Å²) in [5, 5.41) is 11.6. The molecule has 0 aromatic rings. The van der Waals surface area contributed by atoms with E-state index in [0.29, 0.717) is 24.4 Å². The van der Waals surface area contributed by atoms with Gasteiger partial charge in [-0.1, -0.05) is 19.3 Å². The first-order valence-electron chi connectivity index (χ1n) is 11.4. The van der Waals surface area contributed by atoms with E-state index in [4.69, 9.17) is 4.74 Å². The molecule has 2 saturated heterocycles. The van der Waals surface area contributed by atoms with Gasteiger partial charge in [-0.3, -0.25) is 20.9 Å². The van der Waals surface area contributed by atoms with Gasteiger partial charge in [-0.05, 0) is 57.8 Å². The van der Waals surface area contributed by atoms with Crippen LogP contribution in [0.15, 0.2) is 0 Å². The number of rotatable bonds is 4. The Morgan fingerprint density at radius 1 is 0.885 bits per heavy atom. The fourth-order valence-corrected chi connectivity index (χ4v) is 5.88. The highest BCUT2D eigenvalue weighted by Crippen LogP contribution is 2.30. The molecule has 3 atom stereocenters. The topological polar surface area (TPSA) is 48.6 Å². The average Bonchev–Trinajstić information content (AvgIpc) is 2.69. The lowest BCUT2D eigenvalue weighted by molar-refractivity contribution is 0.00571. The standard InChI is InChI=1S/C21H40N4O/c1-16-22-20(17-5-3-2-4-6-17)15-21(23-16)24-18-7-9-19(10-8-18)25-11-13-26-14-12-25/h16-24H,2-15H2,1H3. The largest absolute Gasteiger partial charge is 0.379 e. The second-order valence-corrected chi connectivity index (χ2v) is 9.17. The van der Waals surface area contributed by atoms with E-state index in [-0.39, 0.29) is 0 Å². The van der Waals surface area contributed by atoms with Crippen molar-refractivity contribution in [3.05, 3.63) is 0 Å². The Labute approximate surface area is 160 Å². The maximum Gasteiger partial charge on any atom is 0.0600 e. The van der Waals surface area contributed by atoms with Gasteiger partial charge in [0.15, 0.2) is 0 Å². The first-order valence-corrected chi connectivity index (χ1v) is 11.4. The molecule has 4 aliphatic rings. The van der Waals surface area contributed by atoms with Crippen LogP contribution in [0.3, 0.4) is 0 Å². The van der Waals surface area contributed by atoms with Crippen molar-refractivity contribution in [2.24, 2.45) is 5.92 Å². The molecule has 2 aliphatic carbocycles. The summed E-state index contributed by atoms with van der Waals surface area (Å²) in [7, 11) is 0. The molecule has 2 saturated carbocycles. The summed E-state index contributed by atoms with van der Waals surface area (Å²) in [5.41, 5.74) is 0. The van der Waals surface area contributed by atoms with Crippen molar-refractivity contribution in [3.8, 4) is 0 Å². The first kappa shape index (κ1) is 19.1. The van der Waals surface area contributed by atoms with Crippen LogP contribution in [0.1, 0.15) is 71.1 Å². The van der Waals surface area contributed by atoms with Gasteiger partial charge >= 0.3 is 0 Å². The molecular weight excluding hydrogens is 324 g/mol. The molecule has 0 bridgehead atoms. The SMILES string of the molecule is CC1NC(NC2CCC(N3CCOCC3)CC2)CC(C2CCCCC2)N1. The van der Waals surface area contributed by atoms with E-state index in [0.717, 1.165) is 38.3 Å². The van der Waals surface area contributed by atoms with Crippen molar-refractivity contribution in [2.75, 3.05) is 26.3 Å². The minimum Gasteiger partial charge on any atom is -0.379 e. The van der Waals surface area contributed by atoms with Crippen LogP contribution < -0.4 is 16.0 Å². The van der Waals surface area contributed by atoms with Crippen molar-refractivity contribution in [3.63, 3.8) is 0 Å². The van der Waals surface area contributed by atoms with E-state index in [2.05, 4.69) is 27.8 Å². The quantitative estimate of drug-likeness (QED) is 0.715. The lowest BCUT2D eigenvalue weighted by Gasteiger charge is -2.44. The van der Waals surface area contributed by atoms with Gasteiger partial charge in [0.1, 0.15) is 0 Å². The Morgan fingerprint density at radius 2 is 1.62 bits per heavy atom. The maximum atomic E-state index is 5.51. The minimum absolute atomic E-state index is 0.429. The summed E-state index contributed by atoms with van der Waals surface area (Å²) < 4.78 is 5.51. The number of nitrogens with one attached hydrogen (secondary N) is 3. The molecule has 0 aromatic heterocycles. The van der Waals surface area contributed by atoms with Gasteiger partial charge in [0.2, 0.25) is 0 Å². The van der Waals surface area contributed by atoms with Crippen LogP contribution in [0.2, 0.25) is 0 Å². The summed E-state index contributed by atoms with van der Waals surface area (Å²) in [5.74, 6) is 0.898. The molecule has 0 radical (unpaired) electrons. The zero-order valence-electron chi connectivity index (χ0n) is 16.7. The monoisotopic (exact) mass is 364 g/mol. The Hall–Kier alpha value is -0.200. The molecule has 150 valence electrons. The smallest absolute Gasteiger partial charge is 0.0600 e. The lowest BCUT2D eigenvalue weighted by atomic mass is 9.81. The van der Waals surface area contributed by atoms with Crippen molar-refractivity contribution in [2.45, 2.75) is 102 Å². The van der Waals surface area contributed by atoms with Gasteiger partial charge in [0, 0.05) is 31.2 Å². The number of ether oxygens (including phenoxy) is 1. The fourth-order valence-electron chi connectivity index (χ4n) is 5.88. The minimum atomic E-state index is 0.429. The van der Waals surface area contributed by atoms with Gasteiger partial charge in [0.05, 0.1) is 25.5 Å². The third kappa shape index (κ3) is 4.99. The van der Waals surface area contributed by atoms with E-state index >= 15 is 0 Å². The van der Waals surface area contributed by atoms with Crippen molar-refractivity contribution in [1.29, 1.82) is 0 Å². The molecule has 4 fully saturated rings. The van der Waals surface area contributed by atoms with Crippen LogP contribution in [-0.2, 0) is 4.74 Å². The predicted molar refractivity (Wildman–Crippen MR) is 106 cm³/mol. The van der Waals surface area contributed by atoms with Gasteiger partial charge in [-0.15, -0.1) is 0 Å². The third-order valence-electron chi connectivity index (χ3n) is 7.32. The molecule has 3 N–H and O–H groups in total. The van der Waals surface area contributed by atoms with Gasteiger partial charge in [-0.2, -0.15) is 0 Å². The van der Waals surface area contributed by atoms with Gasteiger partial charge in [-0.25, -0.2) is 0 Å².